The first kappa shape index (κ1) is 8.36. The zero-order chi connectivity index (χ0) is 8.48. The lowest BCUT2D eigenvalue weighted by Crippen LogP contribution is -2.33. The second-order valence-electron chi connectivity index (χ2n) is 3.81. The molecule has 0 nitrogen and oxygen atoms in total. The van der Waals surface area contributed by atoms with Crippen molar-refractivity contribution in [3.05, 3.63) is 30.0 Å². The standard InChI is InChI=1S/C11H16/c1-5-7-9-8-11(3,4)10(9)6-2/h5,7,9H,2,8H2,1,3-4H3. The minimum Gasteiger partial charge on any atom is -0.128 e. The van der Waals surface area contributed by atoms with E-state index in [-0.39, 0.29) is 0 Å². The van der Waals surface area contributed by atoms with Crippen LogP contribution in [0, 0.1) is 11.3 Å². The SMILES string of the molecule is C=C=C1C(C=CC)CC1(C)C. The number of hydrogen-bond donors (Lipinski definition) is 0. The van der Waals surface area contributed by atoms with E-state index in [9.17, 15) is 0 Å². The summed E-state index contributed by atoms with van der Waals surface area (Å²) in [5.74, 6) is 0.618. The van der Waals surface area contributed by atoms with E-state index in [0.29, 0.717) is 11.3 Å². The van der Waals surface area contributed by atoms with Crippen LogP contribution in [0.5, 0.6) is 0 Å². The molecule has 1 fully saturated rings. The van der Waals surface area contributed by atoms with Crippen LogP contribution in [0.15, 0.2) is 30.0 Å². The van der Waals surface area contributed by atoms with E-state index in [1.165, 1.54) is 12.0 Å². The van der Waals surface area contributed by atoms with Gasteiger partial charge in [0.15, 0.2) is 0 Å². The van der Waals surface area contributed by atoms with Gasteiger partial charge in [-0.05, 0) is 24.3 Å². The van der Waals surface area contributed by atoms with Gasteiger partial charge in [0.25, 0.3) is 0 Å². The molecule has 60 valence electrons. The third-order valence-electron chi connectivity index (χ3n) is 2.45. The van der Waals surface area contributed by atoms with Crippen molar-refractivity contribution in [1.29, 1.82) is 0 Å². The first-order valence-corrected chi connectivity index (χ1v) is 4.15. The second kappa shape index (κ2) is 2.71. The molecule has 11 heavy (non-hydrogen) atoms. The van der Waals surface area contributed by atoms with Crippen LogP contribution in [0.25, 0.3) is 0 Å². The minimum absolute atomic E-state index is 0.353. The van der Waals surface area contributed by atoms with Gasteiger partial charge in [0.2, 0.25) is 0 Å². The van der Waals surface area contributed by atoms with Crippen LogP contribution in [0.4, 0.5) is 0 Å². The van der Waals surface area contributed by atoms with Gasteiger partial charge in [-0.1, -0.05) is 32.6 Å². The predicted octanol–water partition coefficient (Wildman–Crippen LogP) is 3.32. The highest BCUT2D eigenvalue weighted by Crippen LogP contribution is 2.49. The minimum atomic E-state index is 0.353. The van der Waals surface area contributed by atoms with Gasteiger partial charge in [0.1, 0.15) is 0 Å². The van der Waals surface area contributed by atoms with Crippen molar-refractivity contribution >= 4 is 0 Å². The van der Waals surface area contributed by atoms with Gasteiger partial charge in [-0.15, -0.1) is 5.73 Å². The van der Waals surface area contributed by atoms with Crippen LogP contribution < -0.4 is 0 Å². The maximum atomic E-state index is 3.71. The van der Waals surface area contributed by atoms with E-state index in [0.717, 1.165) is 0 Å². The van der Waals surface area contributed by atoms with Crippen molar-refractivity contribution in [2.24, 2.45) is 11.3 Å². The summed E-state index contributed by atoms with van der Waals surface area (Å²) < 4.78 is 0. The summed E-state index contributed by atoms with van der Waals surface area (Å²) >= 11 is 0. The highest BCUT2D eigenvalue weighted by Gasteiger charge is 2.39. The van der Waals surface area contributed by atoms with Crippen LogP contribution >= 0.6 is 0 Å². The maximum absolute atomic E-state index is 3.71. The Bertz CT molecular complexity index is 224. The fourth-order valence-electron chi connectivity index (χ4n) is 1.90. The normalized spacial score (nSPS) is 28.3. The van der Waals surface area contributed by atoms with E-state index in [4.69, 9.17) is 0 Å². The summed E-state index contributed by atoms with van der Waals surface area (Å²) in [7, 11) is 0. The largest absolute Gasteiger partial charge is 0.128 e. The molecule has 0 aromatic carbocycles. The quantitative estimate of drug-likeness (QED) is 0.395. The highest BCUT2D eigenvalue weighted by atomic mass is 14.4. The molecule has 0 aliphatic heterocycles. The lowest BCUT2D eigenvalue weighted by Gasteiger charge is -2.43. The Labute approximate surface area is 69.3 Å². The summed E-state index contributed by atoms with van der Waals surface area (Å²) in [6.07, 6.45) is 5.59. The fraction of sp³-hybridized carbons (Fsp3) is 0.545. The molecule has 0 aromatic rings. The Morgan fingerprint density at radius 2 is 2.27 bits per heavy atom. The molecule has 0 aromatic heterocycles. The van der Waals surface area contributed by atoms with Gasteiger partial charge < -0.3 is 0 Å². The molecule has 0 spiro atoms. The summed E-state index contributed by atoms with van der Waals surface area (Å²) in [5, 5.41) is 0. The molecule has 1 rings (SSSR count). The van der Waals surface area contributed by atoms with E-state index in [2.05, 4.69) is 45.2 Å². The maximum Gasteiger partial charge on any atom is 0.00662 e. The van der Waals surface area contributed by atoms with Gasteiger partial charge in [0, 0.05) is 5.92 Å². The first-order valence-electron chi connectivity index (χ1n) is 4.15. The Kier molecular flexibility index (Phi) is 2.06. The van der Waals surface area contributed by atoms with Crippen LogP contribution in [0.1, 0.15) is 27.2 Å². The van der Waals surface area contributed by atoms with Crippen LogP contribution in [-0.2, 0) is 0 Å². The molecule has 0 N–H and O–H groups in total. The van der Waals surface area contributed by atoms with Crippen LogP contribution in [0.3, 0.4) is 0 Å². The highest BCUT2D eigenvalue weighted by molar-refractivity contribution is 5.28. The van der Waals surface area contributed by atoms with E-state index in [1.807, 2.05) is 0 Å². The van der Waals surface area contributed by atoms with Crippen molar-refractivity contribution < 1.29 is 0 Å². The van der Waals surface area contributed by atoms with Gasteiger partial charge >= 0.3 is 0 Å². The van der Waals surface area contributed by atoms with Crippen LogP contribution in [-0.4, -0.2) is 0 Å². The average molecular weight is 148 g/mol. The first-order chi connectivity index (χ1) is 5.11. The molecule has 0 heterocycles. The summed E-state index contributed by atoms with van der Waals surface area (Å²) in [4.78, 5) is 0. The topological polar surface area (TPSA) is 0 Å². The lowest BCUT2D eigenvalue weighted by molar-refractivity contribution is 0.249. The second-order valence-corrected chi connectivity index (χ2v) is 3.81. The fourth-order valence-corrected chi connectivity index (χ4v) is 1.90. The molecule has 1 saturated carbocycles. The van der Waals surface area contributed by atoms with Gasteiger partial charge in [-0.3, -0.25) is 0 Å². The van der Waals surface area contributed by atoms with Crippen LogP contribution in [0.2, 0.25) is 0 Å². The molecular weight excluding hydrogens is 132 g/mol. The molecule has 0 saturated heterocycles. The molecule has 0 heteroatoms. The monoisotopic (exact) mass is 148 g/mol. The number of rotatable bonds is 1. The Hall–Kier alpha value is -0.740. The van der Waals surface area contributed by atoms with Crippen molar-refractivity contribution in [2.75, 3.05) is 0 Å². The molecule has 1 aliphatic carbocycles. The van der Waals surface area contributed by atoms with Gasteiger partial charge in [-0.25, -0.2) is 0 Å². The Morgan fingerprint density at radius 1 is 1.64 bits per heavy atom. The number of hydrogen-bond acceptors (Lipinski definition) is 0. The van der Waals surface area contributed by atoms with Gasteiger partial charge in [-0.2, -0.15) is 0 Å². The van der Waals surface area contributed by atoms with Crippen molar-refractivity contribution in [3.63, 3.8) is 0 Å². The molecule has 1 aliphatic rings. The zero-order valence-electron chi connectivity index (χ0n) is 7.65. The summed E-state index contributed by atoms with van der Waals surface area (Å²) in [6.45, 7) is 10.3. The van der Waals surface area contributed by atoms with Gasteiger partial charge in [0.05, 0.1) is 0 Å². The molecular formula is C11H16. The van der Waals surface area contributed by atoms with E-state index < -0.39 is 0 Å². The third kappa shape index (κ3) is 1.32. The summed E-state index contributed by atoms with van der Waals surface area (Å²) in [6, 6.07) is 0. The molecule has 0 radical (unpaired) electrons. The smallest absolute Gasteiger partial charge is 0.00662 e. The lowest BCUT2D eigenvalue weighted by atomic mass is 9.60. The average Bonchev–Trinajstić information content (AvgIpc) is 1.87. The molecule has 0 amide bonds. The van der Waals surface area contributed by atoms with Crippen molar-refractivity contribution in [1.82, 2.24) is 0 Å². The Morgan fingerprint density at radius 3 is 2.64 bits per heavy atom. The third-order valence-corrected chi connectivity index (χ3v) is 2.45. The molecule has 0 bridgehead atoms. The predicted molar refractivity (Wildman–Crippen MR) is 49.4 cm³/mol. The summed E-state index contributed by atoms with van der Waals surface area (Å²) in [5.41, 5.74) is 4.77. The van der Waals surface area contributed by atoms with E-state index >= 15 is 0 Å². The number of allylic oxidation sites excluding steroid dienone is 3. The zero-order valence-corrected chi connectivity index (χ0v) is 7.65. The Balaban J connectivity index is 2.76. The van der Waals surface area contributed by atoms with E-state index in [1.54, 1.807) is 0 Å². The van der Waals surface area contributed by atoms with Crippen molar-refractivity contribution in [3.8, 4) is 0 Å². The van der Waals surface area contributed by atoms with Crippen molar-refractivity contribution in [2.45, 2.75) is 27.2 Å². The molecule has 1 atom stereocenters. The molecule has 1 unspecified atom stereocenters.